The van der Waals surface area contributed by atoms with Crippen LogP contribution in [0.25, 0.3) is 10.9 Å². The molecule has 0 aliphatic rings. The molecule has 0 saturated heterocycles. The van der Waals surface area contributed by atoms with Crippen LogP contribution in [0.15, 0.2) is 46.3 Å². The number of aryl methyl sites for hydroxylation is 2. The maximum absolute atomic E-state index is 13.2. The van der Waals surface area contributed by atoms with E-state index in [0.29, 0.717) is 53.5 Å². The molecular weight excluding hydrogens is 454 g/mol. The van der Waals surface area contributed by atoms with Crippen molar-refractivity contribution in [3.63, 3.8) is 0 Å². The van der Waals surface area contributed by atoms with Gasteiger partial charge in [0.25, 0.3) is 11.5 Å². The summed E-state index contributed by atoms with van der Waals surface area (Å²) in [6, 6.07) is 10.6. The average Bonchev–Trinajstić information content (AvgIpc) is 2.83. The van der Waals surface area contributed by atoms with E-state index in [4.69, 9.17) is 9.47 Å². The second-order valence-corrected chi connectivity index (χ2v) is 8.80. The topological polar surface area (TPSA) is 99.5 Å². The van der Waals surface area contributed by atoms with Gasteiger partial charge in [-0.15, -0.1) is 0 Å². The number of thioether (sulfide) groups is 1. The summed E-state index contributed by atoms with van der Waals surface area (Å²) in [6.07, 6.45) is 0. The summed E-state index contributed by atoms with van der Waals surface area (Å²) >= 11 is 1.20. The van der Waals surface area contributed by atoms with Crippen molar-refractivity contribution in [1.29, 1.82) is 0 Å². The van der Waals surface area contributed by atoms with Gasteiger partial charge in [-0.2, -0.15) is 0 Å². The Morgan fingerprint density at radius 3 is 2.56 bits per heavy atom. The largest absolute Gasteiger partial charge is 0.383 e. The van der Waals surface area contributed by atoms with Crippen molar-refractivity contribution < 1.29 is 19.1 Å². The Morgan fingerprint density at radius 2 is 1.82 bits per heavy atom. The second kappa shape index (κ2) is 11.9. The Morgan fingerprint density at radius 1 is 1.06 bits per heavy atom. The molecule has 9 heteroatoms. The molecule has 1 heterocycles. The summed E-state index contributed by atoms with van der Waals surface area (Å²) in [5, 5.41) is 3.57. The highest BCUT2D eigenvalue weighted by atomic mass is 32.2. The fraction of sp³-hybridized carbons (Fsp3) is 0.360. The SMILES string of the molecule is COCCNC(=O)c1ccc2c(=O)n(CCOC)c(SCC(=O)c3cc(C)ccc3C)nc2c1. The molecule has 1 N–H and O–H groups in total. The quantitative estimate of drug-likeness (QED) is 0.194. The van der Waals surface area contributed by atoms with E-state index in [2.05, 4.69) is 10.3 Å². The van der Waals surface area contributed by atoms with Crippen molar-refractivity contribution in [2.45, 2.75) is 25.5 Å². The van der Waals surface area contributed by atoms with Gasteiger partial charge in [-0.3, -0.25) is 19.0 Å². The minimum atomic E-state index is -0.274. The predicted octanol–water partition coefficient (Wildman–Crippen LogP) is 3.01. The number of ketones is 1. The van der Waals surface area contributed by atoms with E-state index in [1.54, 1.807) is 32.4 Å². The molecule has 0 aliphatic heterocycles. The van der Waals surface area contributed by atoms with Crippen LogP contribution < -0.4 is 10.9 Å². The second-order valence-electron chi connectivity index (χ2n) is 7.85. The predicted molar refractivity (Wildman–Crippen MR) is 133 cm³/mol. The van der Waals surface area contributed by atoms with E-state index in [1.165, 1.54) is 16.3 Å². The van der Waals surface area contributed by atoms with E-state index in [1.807, 2.05) is 32.0 Å². The Hall–Kier alpha value is -3.01. The molecule has 0 aliphatic carbocycles. The lowest BCUT2D eigenvalue weighted by atomic mass is 10.0. The van der Waals surface area contributed by atoms with Crippen LogP contribution >= 0.6 is 11.8 Å². The zero-order valence-corrected chi connectivity index (χ0v) is 20.7. The highest BCUT2D eigenvalue weighted by molar-refractivity contribution is 7.99. The Kier molecular flexibility index (Phi) is 8.98. The first-order valence-corrected chi connectivity index (χ1v) is 11.9. The number of hydrogen-bond donors (Lipinski definition) is 1. The molecule has 1 amide bonds. The van der Waals surface area contributed by atoms with E-state index < -0.39 is 0 Å². The number of carbonyl (C=O) groups is 2. The van der Waals surface area contributed by atoms with Crippen molar-refractivity contribution in [1.82, 2.24) is 14.9 Å². The molecule has 34 heavy (non-hydrogen) atoms. The molecule has 0 atom stereocenters. The van der Waals surface area contributed by atoms with Crippen molar-refractivity contribution >= 4 is 34.4 Å². The number of nitrogens with one attached hydrogen (secondary N) is 1. The summed E-state index contributed by atoms with van der Waals surface area (Å²) < 4.78 is 11.6. The smallest absolute Gasteiger partial charge is 0.262 e. The third-order valence-electron chi connectivity index (χ3n) is 5.32. The van der Waals surface area contributed by atoms with Crippen molar-refractivity contribution in [3.8, 4) is 0 Å². The van der Waals surface area contributed by atoms with Crippen molar-refractivity contribution in [3.05, 3.63) is 69.0 Å². The Labute approximate surface area is 202 Å². The zero-order valence-electron chi connectivity index (χ0n) is 19.8. The lowest BCUT2D eigenvalue weighted by Crippen LogP contribution is -2.28. The molecule has 3 rings (SSSR count). The molecule has 3 aromatic rings. The van der Waals surface area contributed by atoms with Crippen molar-refractivity contribution in [2.24, 2.45) is 0 Å². The van der Waals surface area contributed by atoms with Crippen molar-refractivity contribution in [2.75, 3.05) is 39.7 Å². The molecule has 2 aromatic carbocycles. The first kappa shape index (κ1) is 25.6. The summed E-state index contributed by atoms with van der Waals surface area (Å²) in [5.41, 5.74) is 3.14. The number of carbonyl (C=O) groups excluding carboxylic acids is 2. The van der Waals surface area contributed by atoms with Crippen LogP contribution in [-0.2, 0) is 16.0 Å². The first-order valence-electron chi connectivity index (χ1n) is 10.9. The van der Waals surface area contributed by atoms with Gasteiger partial charge in [0, 0.05) is 31.9 Å². The first-order chi connectivity index (χ1) is 16.3. The van der Waals surface area contributed by atoms with Gasteiger partial charge in [0.2, 0.25) is 0 Å². The van der Waals surface area contributed by atoms with Crippen LogP contribution in [0.4, 0.5) is 0 Å². The van der Waals surface area contributed by atoms with E-state index >= 15 is 0 Å². The number of aromatic nitrogens is 2. The molecule has 0 bridgehead atoms. The monoisotopic (exact) mass is 483 g/mol. The maximum atomic E-state index is 13.2. The van der Waals surface area contributed by atoms with E-state index in [0.717, 1.165) is 11.1 Å². The number of rotatable bonds is 11. The van der Waals surface area contributed by atoms with Gasteiger partial charge in [-0.05, 0) is 43.7 Å². The van der Waals surface area contributed by atoms with Crippen LogP contribution in [0.5, 0.6) is 0 Å². The number of ether oxygens (including phenoxy) is 2. The number of fused-ring (bicyclic) bond motifs is 1. The third kappa shape index (κ3) is 6.11. The lowest BCUT2D eigenvalue weighted by molar-refractivity contribution is 0.0936. The molecule has 0 radical (unpaired) electrons. The van der Waals surface area contributed by atoms with Gasteiger partial charge < -0.3 is 14.8 Å². The minimum Gasteiger partial charge on any atom is -0.383 e. The summed E-state index contributed by atoms with van der Waals surface area (Å²) in [6.45, 7) is 5.25. The highest BCUT2D eigenvalue weighted by Gasteiger charge is 2.17. The molecule has 0 saturated carbocycles. The van der Waals surface area contributed by atoms with Gasteiger partial charge in [0.05, 0.1) is 36.4 Å². The van der Waals surface area contributed by atoms with Crippen LogP contribution in [0, 0.1) is 13.8 Å². The Balaban J connectivity index is 1.93. The van der Waals surface area contributed by atoms with Crippen LogP contribution in [0.3, 0.4) is 0 Å². The summed E-state index contributed by atoms with van der Waals surface area (Å²) in [5.74, 6) is -0.180. The molecule has 180 valence electrons. The van der Waals surface area contributed by atoms with E-state index in [9.17, 15) is 14.4 Å². The normalized spacial score (nSPS) is 11.1. The molecule has 1 aromatic heterocycles. The minimum absolute atomic E-state index is 0.0369. The molecule has 0 unspecified atom stereocenters. The number of hydrogen-bond acceptors (Lipinski definition) is 7. The Bertz CT molecular complexity index is 1260. The van der Waals surface area contributed by atoms with E-state index in [-0.39, 0.29) is 23.0 Å². The standard InChI is InChI=1S/C25H29N3O5S/c1-16-5-6-17(2)20(13-16)22(29)15-34-25-27-21-14-18(23(30)26-9-11-32-3)7-8-19(21)24(31)28(25)10-12-33-4/h5-8,13-14H,9-12,15H2,1-4H3,(H,26,30). The molecular formula is C25H29N3O5S. The van der Waals surface area contributed by atoms with Gasteiger partial charge in [-0.25, -0.2) is 4.98 Å². The van der Waals surface area contributed by atoms with Gasteiger partial charge in [-0.1, -0.05) is 29.5 Å². The number of methoxy groups -OCH3 is 2. The number of benzene rings is 2. The average molecular weight is 484 g/mol. The van der Waals surface area contributed by atoms with Gasteiger partial charge in [0.1, 0.15) is 0 Å². The molecule has 0 spiro atoms. The number of amides is 1. The van der Waals surface area contributed by atoms with Crippen LogP contribution in [-0.4, -0.2) is 61.0 Å². The molecule has 8 nitrogen and oxygen atoms in total. The molecule has 0 fully saturated rings. The van der Waals surface area contributed by atoms with Crippen LogP contribution in [0.1, 0.15) is 31.8 Å². The number of nitrogens with zero attached hydrogens (tertiary/aromatic N) is 2. The highest BCUT2D eigenvalue weighted by Crippen LogP contribution is 2.21. The zero-order chi connectivity index (χ0) is 24.7. The number of Topliss-reactive ketones (excluding diaryl/α,β-unsaturated/α-hetero) is 1. The fourth-order valence-electron chi connectivity index (χ4n) is 3.44. The lowest BCUT2D eigenvalue weighted by Gasteiger charge is -2.13. The summed E-state index contributed by atoms with van der Waals surface area (Å²) in [7, 11) is 3.12. The maximum Gasteiger partial charge on any atom is 0.262 e. The fourth-order valence-corrected chi connectivity index (χ4v) is 4.35. The third-order valence-corrected chi connectivity index (χ3v) is 6.30. The van der Waals surface area contributed by atoms with Gasteiger partial charge >= 0.3 is 0 Å². The van der Waals surface area contributed by atoms with Gasteiger partial charge in [0.15, 0.2) is 10.9 Å². The van der Waals surface area contributed by atoms with Crippen LogP contribution in [0.2, 0.25) is 0 Å². The summed E-state index contributed by atoms with van der Waals surface area (Å²) in [4.78, 5) is 43.2.